The summed E-state index contributed by atoms with van der Waals surface area (Å²) in [6.07, 6.45) is 1.24. The van der Waals surface area contributed by atoms with E-state index in [4.69, 9.17) is 5.84 Å². The zero-order valence-corrected chi connectivity index (χ0v) is 4.97. The van der Waals surface area contributed by atoms with Gasteiger partial charge in [-0.1, -0.05) is 0 Å². The Labute approximate surface area is 55.4 Å². The number of nitrogen functional groups attached to an aromatic ring is 1. The Morgan fingerprint density at radius 2 is 2.40 bits per heavy atom. The van der Waals surface area contributed by atoms with Crippen LogP contribution >= 0.6 is 0 Å². The number of hydrogen-bond acceptors (Lipinski definition) is 3. The molecule has 0 bridgehead atoms. The third-order valence-electron chi connectivity index (χ3n) is 0.972. The summed E-state index contributed by atoms with van der Waals surface area (Å²) in [5, 5.41) is 0. The molecule has 5 N–H and O–H groups in total. The number of hydrogen-bond donors (Lipinski definition) is 4. The molecule has 1 amide bonds. The highest BCUT2D eigenvalue weighted by atomic mass is 16.2. The summed E-state index contributed by atoms with van der Waals surface area (Å²) in [5.74, 6) is 4.25. The minimum Gasteiger partial charge on any atom is -0.312 e. The Kier molecular flexibility index (Phi) is 1.55. The lowest BCUT2D eigenvalue weighted by Gasteiger charge is -1.90. The monoisotopic (exact) mass is 142 g/mol. The molecule has 0 atom stereocenters. The molecule has 0 saturated carbocycles. The number of amides is 1. The van der Waals surface area contributed by atoms with Crippen LogP contribution in [0.2, 0.25) is 0 Å². The first-order valence-corrected chi connectivity index (χ1v) is 2.52. The first-order chi connectivity index (χ1) is 4.74. The van der Waals surface area contributed by atoms with Crippen molar-refractivity contribution in [2.45, 2.75) is 0 Å². The summed E-state index contributed by atoms with van der Waals surface area (Å²) in [4.78, 5) is 25.5. The molecule has 1 heterocycles. The topological polar surface area (TPSA) is 104 Å². The van der Waals surface area contributed by atoms with Crippen molar-refractivity contribution in [1.29, 1.82) is 0 Å². The number of hydrazine groups is 1. The van der Waals surface area contributed by atoms with E-state index in [1.165, 1.54) is 6.20 Å². The van der Waals surface area contributed by atoms with Gasteiger partial charge in [0, 0.05) is 6.20 Å². The molecule has 0 aliphatic rings. The van der Waals surface area contributed by atoms with Gasteiger partial charge in [0.05, 0.1) is 0 Å². The molecular weight excluding hydrogens is 136 g/mol. The molecular formula is C4H6N4O2. The molecule has 0 saturated heterocycles. The Morgan fingerprint density at radius 3 is 2.80 bits per heavy atom. The van der Waals surface area contributed by atoms with Gasteiger partial charge in [0.1, 0.15) is 5.69 Å². The van der Waals surface area contributed by atoms with Gasteiger partial charge in [-0.25, -0.2) is 10.6 Å². The van der Waals surface area contributed by atoms with Crippen molar-refractivity contribution in [2.24, 2.45) is 5.84 Å². The van der Waals surface area contributed by atoms with Crippen molar-refractivity contribution in [3.8, 4) is 0 Å². The first-order valence-electron chi connectivity index (χ1n) is 2.52. The van der Waals surface area contributed by atoms with E-state index in [0.29, 0.717) is 0 Å². The van der Waals surface area contributed by atoms with Crippen molar-refractivity contribution in [2.75, 3.05) is 0 Å². The second-order valence-corrected chi connectivity index (χ2v) is 1.63. The number of H-pyrrole nitrogens is 2. The predicted molar refractivity (Wildman–Crippen MR) is 33.1 cm³/mol. The smallest absolute Gasteiger partial charge is 0.312 e. The molecule has 0 aromatic carbocycles. The zero-order chi connectivity index (χ0) is 7.56. The Bertz CT molecular complexity index is 285. The molecule has 0 radical (unpaired) electrons. The maximum Gasteiger partial charge on any atom is 0.323 e. The maximum absolute atomic E-state index is 10.6. The van der Waals surface area contributed by atoms with Crippen molar-refractivity contribution < 1.29 is 4.79 Å². The van der Waals surface area contributed by atoms with Crippen LogP contribution in [-0.4, -0.2) is 15.9 Å². The SMILES string of the molecule is NNC(=O)c1c[nH]c(=O)[nH]1. The fraction of sp³-hybridized carbons (Fsp3) is 0. The van der Waals surface area contributed by atoms with Gasteiger partial charge in [-0.2, -0.15) is 0 Å². The van der Waals surface area contributed by atoms with Crippen LogP contribution in [0.3, 0.4) is 0 Å². The van der Waals surface area contributed by atoms with Crippen LogP contribution in [0, 0.1) is 0 Å². The average Bonchev–Trinajstić information content (AvgIpc) is 2.34. The summed E-state index contributed by atoms with van der Waals surface area (Å²) in [6.45, 7) is 0. The van der Waals surface area contributed by atoms with Gasteiger partial charge in [-0.3, -0.25) is 10.2 Å². The third kappa shape index (κ3) is 1.06. The van der Waals surface area contributed by atoms with Crippen molar-refractivity contribution in [1.82, 2.24) is 15.4 Å². The van der Waals surface area contributed by atoms with Crippen LogP contribution in [0.4, 0.5) is 0 Å². The van der Waals surface area contributed by atoms with E-state index >= 15 is 0 Å². The summed E-state index contributed by atoms with van der Waals surface area (Å²) >= 11 is 0. The second-order valence-electron chi connectivity index (χ2n) is 1.63. The van der Waals surface area contributed by atoms with E-state index in [0.717, 1.165) is 0 Å². The normalized spacial score (nSPS) is 9.30. The number of carbonyl (C=O) groups excluding carboxylic acids is 1. The summed E-state index contributed by atoms with van der Waals surface area (Å²) < 4.78 is 0. The highest BCUT2D eigenvalue weighted by Crippen LogP contribution is 1.83. The number of aromatic amines is 2. The van der Waals surface area contributed by atoms with E-state index in [-0.39, 0.29) is 5.69 Å². The van der Waals surface area contributed by atoms with Crippen molar-refractivity contribution in [3.63, 3.8) is 0 Å². The molecule has 0 aliphatic heterocycles. The van der Waals surface area contributed by atoms with Crippen LogP contribution in [-0.2, 0) is 0 Å². The average molecular weight is 142 g/mol. The van der Waals surface area contributed by atoms with Gasteiger partial charge in [-0.05, 0) is 0 Å². The van der Waals surface area contributed by atoms with Gasteiger partial charge in [0.2, 0.25) is 0 Å². The largest absolute Gasteiger partial charge is 0.323 e. The maximum atomic E-state index is 10.6. The summed E-state index contributed by atoms with van der Waals surface area (Å²) in [7, 11) is 0. The van der Waals surface area contributed by atoms with Crippen LogP contribution in [0.15, 0.2) is 11.0 Å². The van der Waals surface area contributed by atoms with Gasteiger partial charge in [0.25, 0.3) is 5.91 Å². The molecule has 10 heavy (non-hydrogen) atoms. The lowest BCUT2D eigenvalue weighted by atomic mass is 10.5. The fourth-order valence-electron chi connectivity index (χ4n) is 0.532. The lowest BCUT2D eigenvalue weighted by Crippen LogP contribution is -2.30. The molecule has 54 valence electrons. The number of nitrogens with two attached hydrogens (primary N) is 1. The van der Waals surface area contributed by atoms with Gasteiger partial charge in [-0.15, -0.1) is 0 Å². The third-order valence-corrected chi connectivity index (χ3v) is 0.972. The molecule has 1 rings (SSSR count). The van der Waals surface area contributed by atoms with Crippen LogP contribution in [0.5, 0.6) is 0 Å². The highest BCUT2D eigenvalue weighted by molar-refractivity contribution is 5.91. The highest BCUT2D eigenvalue weighted by Gasteiger charge is 2.03. The van der Waals surface area contributed by atoms with Crippen molar-refractivity contribution >= 4 is 5.91 Å². The molecule has 0 fully saturated rings. The van der Waals surface area contributed by atoms with Gasteiger partial charge >= 0.3 is 5.69 Å². The number of imidazole rings is 1. The molecule has 1 aromatic rings. The van der Waals surface area contributed by atoms with E-state index < -0.39 is 11.6 Å². The summed E-state index contributed by atoms with van der Waals surface area (Å²) in [5.41, 5.74) is 1.55. The molecule has 6 nitrogen and oxygen atoms in total. The van der Waals surface area contributed by atoms with E-state index in [2.05, 4.69) is 9.97 Å². The van der Waals surface area contributed by atoms with E-state index in [1.54, 1.807) is 0 Å². The standard InChI is InChI=1S/C4H6N4O2/c5-8-3(9)2-1-6-4(10)7-2/h1H,5H2,(H,8,9)(H2,6,7,10). The first kappa shape index (κ1) is 6.56. The lowest BCUT2D eigenvalue weighted by molar-refractivity contribution is 0.0949. The summed E-state index contributed by atoms with van der Waals surface area (Å²) in [6, 6.07) is 0. The van der Waals surface area contributed by atoms with Crippen LogP contribution in [0.25, 0.3) is 0 Å². The Morgan fingerprint density at radius 1 is 1.70 bits per heavy atom. The quantitative estimate of drug-likeness (QED) is 0.213. The second kappa shape index (κ2) is 2.36. The van der Waals surface area contributed by atoms with E-state index in [1.807, 2.05) is 5.43 Å². The van der Waals surface area contributed by atoms with Crippen LogP contribution in [0.1, 0.15) is 10.5 Å². The minimum atomic E-state index is -0.529. The number of carbonyl (C=O) groups is 1. The van der Waals surface area contributed by atoms with Gasteiger partial charge < -0.3 is 9.97 Å². The number of rotatable bonds is 1. The Hall–Kier alpha value is -1.56. The minimum absolute atomic E-state index is 0.118. The molecule has 0 aliphatic carbocycles. The van der Waals surface area contributed by atoms with Crippen LogP contribution < -0.4 is 17.0 Å². The Balaban J connectivity index is 2.95. The molecule has 6 heteroatoms. The molecule has 1 aromatic heterocycles. The number of aromatic nitrogens is 2. The number of nitrogens with one attached hydrogen (secondary N) is 3. The fourth-order valence-corrected chi connectivity index (χ4v) is 0.532. The predicted octanol–water partition coefficient (Wildman–Crippen LogP) is -1.69. The van der Waals surface area contributed by atoms with E-state index in [9.17, 15) is 9.59 Å². The molecule has 0 spiro atoms. The van der Waals surface area contributed by atoms with Gasteiger partial charge in [0.15, 0.2) is 0 Å². The molecule has 0 unspecified atom stereocenters. The zero-order valence-electron chi connectivity index (χ0n) is 4.97. The van der Waals surface area contributed by atoms with Crippen molar-refractivity contribution in [3.05, 3.63) is 22.4 Å².